The van der Waals surface area contributed by atoms with Gasteiger partial charge >= 0.3 is 0 Å². The molecule has 3 rings (SSSR count). The highest BCUT2D eigenvalue weighted by Crippen LogP contribution is 2.27. The molecule has 2 aromatic carbocycles. The highest BCUT2D eigenvalue weighted by Gasteiger charge is 2.35. The molecule has 24 heavy (non-hydrogen) atoms. The maximum Gasteiger partial charge on any atom is 0.251 e. The third-order valence-electron chi connectivity index (χ3n) is 4.60. The Bertz CT molecular complexity index is 660. The lowest BCUT2D eigenvalue weighted by atomic mass is 9.95. The molecule has 0 saturated carbocycles. The maximum absolute atomic E-state index is 12.6. The first kappa shape index (κ1) is 16.7. The second-order valence-corrected chi connectivity index (χ2v) is 6.36. The first-order valence-corrected chi connectivity index (χ1v) is 8.40. The minimum atomic E-state index is -0.466. The predicted octanol–water partition coefficient (Wildman–Crippen LogP) is 2.55. The van der Waals surface area contributed by atoms with Gasteiger partial charge in [-0.25, -0.2) is 0 Å². The molecule has 4 heteroatoms. The third-order valence-corrected chi connectivity index (χ3v) is 4.60. The van der Waals surface area contributed by atoms with E-state index in [2.05, 4.69) is 12.1 Å². The van der Waals surface area contributed by atoms with Crippen LogP contribution in [0.4, 0.5) is 0 Å². The molecular formula is C20H24N2O2. The van der Waals surface area contributed by atoms with E-state index in [1.165, 1.54) is 5.56 Å². The fourth-order valence-corrected chi connectivity index (χ4v) is 3.19. The lowest BCUT2D eigenvalue weighted by molar-refractivity contribution is -0.142. The third kappa shape index (κ3) is 3.83. The number of nitrogens with two attached hydrogens (primary N) is 1. The highest BCUT2D eigenvalue weighted by atomic mass is 16.5. The van der Waals surface area contributed by atoms with Crippen LogP contribution in [0.5, 0.6) is 0 Å². The Balaban J connectivity index is 1.57. The van der Waals surface area contributed by atoms with Crippen LogP contribution in [0, 0.1) is 0 Å². The number of hydrogen-bond donors (Lipinski definition) is 1. The van der Waals surface area contributed by atoms with Gasteiger partial charge in [0.1, 0.15) is 6.10 Å². The van der Waals surface area contributed by atoms with Gasteiger partial charge in [-0.3, -0.25) is 4.79 Å². The number of nitrogens with zero attached hydrogens (tertiary/aromatic N) is 1. The van der Waals surface area contributed by atoms with Crippen LogP contribution < -0.4 is 5.73 Å². The van der Waals surface area contributed by atoms with Gasteiger partial charge in [-0.05, 0) is 18.1 Å². The summed E-state index contributed by atoms with van der Waals surface area (Å²) in [6.07, 6.45) is -0.466. The number of hydrogen-bond acceptors (Lipinski definition) is 3. The molecule has 2 aromatic rings. The first-order chi connectivity index (χ1) is 11.6. The summed E-state index contributed by atoms with van der Waals surface area (Å²) >= 11 is 0. The normalized spacial score (nSPS) is 21.7. The van der Waals surface area contributed by atoms with Crippen molar-refractivity contribution in [2.75, 3.05) is 13.1 Å². The lowest BCUT2D eigenvalue weighted by Crippen LogP contribution is -2.39. The number of ether oxygens (including phenoxy) is 1. The van der Waals surface area contributed by atoms with Crippen LogP contribution in [-0.4, -0.2) is 36.0 Å². The van der Waals surface area contributed by atoms with Crippen molar-refractivity contribution in [2.45, 2.75) is 31.6 Å². The van der Waals surface area contributed by atoms with Crippen LogP contribution in [0.15, 0.2) is 60.7 Å². The van der Waals surface area contributed by atoms with Crippen molar-refractivity contribution in [1.82, 2.24) is 4.90 Å². The number of benzene rings is 2. The fourth-order valence-electron chi connectivity index (χ4n) is 3.19. The zero-order valence-electron chi connectivity index (χ0n) is 14.0. The summed E-state index contributed by atoms with van der Waals surface area (Å²) in [6.45, 7) is 3.49. The highest BCUT2D eigenvalue weighted by molar-refractivity contribution is 5.81. The Hall–Kier alpha value is -2.17. The first-order valence-electron chi connectivity index (χ1n) is 8.40. The predicted molar refractivity (Wildman–Crippen MR) is 94.4 cm³/mol. The van der Waals surface area contributed by atoms with Crippen LogP contribution >= 0.6 is 0 Å². The minimum absolute atomic E-state index is 0.0137. The average Bonchev–Trinajstić information content (AvgIpc) is 3.02. The van der Waals surface area contributed by atoms with Gasteiger partial charge in [0.15, 0.2) is 0 Å². The van der Waals surface area contributed by atoms with Gasteiger partial charge in [0.05, 0.1) is 6.61 Å². The molecule has 0 aliphatic carbocycles. The summed E-state index contributed by atoms with van der Waals surface area (Å²) in [4.78, 5) is 14.5. The van der Waals surface area contributed by atoms with Gasteiger partial charge in [-0.1, -0.05) is 60.7 Å². The van der Waals surface area contributed by atoms with E-state index < -0.39 is 6.10 Å². The SMILES string of the molecule is CC(OCc1ccccc1)C(=O)N1C[C@@H](N)[C@H](c2ccccc2)C1. The van der Waals surface area contributed by atoms with Gasteiger partial charge < -0.3 is 15.4 Å². The molecule has 2 N–H and O–H groups in total. The summed E-state index contributed by atoms with van der Waals surface area (Å²) in [5.41, 5.74) is 8.53. The fraction of sp³-hybridized carbons (Fsp3) is 0.350. The molecule has 1 fully saturated rings. The standard InChI is InChI=1S/C20H24N2O2/c1-15(24-14-16-8-4-2-5-9-16)20(23)22-12-18(19(21)13-22)17-10-6-3-7-11-17/h2-11,15,18-19H,12-14,21H2,1H3/t15?,18-,19+/m0/s1. The van der Waals surface area contributed by atoms with Gasteiger partial charge in [-0.15, -0.1) is 0 Å². The summed E-state index contributed by atoms with van der Waals surface area (Å²) < 4.78 is 5.75. The quantitative estimate of drug-likeness (QED) is 0.919. The molecule has 4 nitrogen and oxygen atoms in total. The minimum Gasteiger partial charge on any atom is -0.364 e. The van der Waals surface area contributed by atoms with Crippen LogP contribution in [0.1, 0.15) is 24.0 Å². The van der Waals surface area contributed by atoms with Crippen LogP contribution in [-0.2, 0) is 16.1 Å². The van der Waals surface area contributed by atoms with Crippen molar-refractivity contribution >= 4 is 5.91 Å². The van der Waals surface area contributed by atoms with E-state index in [0.717, 1.165) is 5.56 Å². The zero-order chi connectivity index (χ0) is 16.9. The summed E-state index contributed by atoms with van der Waals surface area (Å²) in [7, 11) is 0. The second kappa shape index (κ2) is 7.60. The number of likely N-dealkylation sites (tertiary alicyclic amines) is 1. The Kier molecular flexibility index (Phi) is 5.28. The molecule has 1 aliphatic rings. The molecule has 3 atom stereocenters. The Morgan fingerprint density at radius 1 is 1.12 bits per heavy atom. The largest absolute Gasteiger partial charge is 0.364 e. The van der Waals surface area contributed by atoms with E-state index in [0.29, 0.717) is 19.7 Å². The molecule has 1 amide bonds. The van der Waals surface area contributed by atoms with Gasteiger partial charge in [0.25, 0.3) is 5.91 Å². The zero-order valence-corrected chi connectivity index (χ0v) is 14.0. The molecule has 0 radical (unpaired) electrons. The number of rotatable bonds is 5. The van der Waals surface area contributed by atoms with E-state index in [1.54, 1.807) is 0 Å². The summed E-state index contributed by atoms with van der Waals surface area (Å²) in [5, 5.41) is 0. The number of carbonyl (C=O) groups excluding carboxylic acids is 1. The maximum atomic E-state index is 12.6. The second-order valence-electron chi connectivity index (χ2n) is 6.36. The van der Waals surface area contributed by atoms with Crippen molar-refractivity contribution in [1.29, 1.82) is 0 Å². The van der Waals surface area contributed by atoms with Gasteiger partial charge in [0, 0.05) is 25.0 Å². The van der Waals surface area contributed by atoms with Crippen molar-refractivity contribution in [2.24, 2.45) is 5.73 Å². The Morgan fingerprint density at radius 2 is 1.75 bits per heavy atom. The van der Waals surface area contributed by atoms with Crippen molar-refractivity contribution in [3.63, 3.8) is 0 Å². The topological polar surface area (TPSA) is 55.6 Å². The molecule has 1 saturated heterocycles. The molecule has 1 heterocycles. The Labute approximate surface area is 143 Å². The molecule has 1 unspecified atom stereocenters. The average molecular weight is 324 g/mol. The molecule has 0 aromatic heterocycles. The van der Waals surface area contributed by atoms with Gasteiger partial charge in [-0.2, -0.15) is 0 Å². The van der Waals surface area contributed by atoms with Crippen molar-refractivity contribution in [3.05, 3.63) is 71.8 Å². The number of carbonyl (C=O) groups is 1. The van der Waals surface area contributed by atoms with E-state index in [4.69, 9.17) is 10.5 Å². The van der Waals surface area contributed by atoms with Crippen molar-refractivity contribution < 1.29 is 9.53 Å². The summed E-state index contributed by atoms with van der Waals surface area (Å²) in [5.74, 6) is 0.205. The van der Waals surface area contributed by atoms with E-state index in [9.17, 15) is 4.79 Å². The molecule has 0 spiro atoms. The van der Waals surface area contributed by atoms with Gasteiger partial charge in [0.2, 0.25) is 0 Å². The van der Waals surface area contributed by atoms with Crippen LogP contribution in [0.3, 0.4) is 0 Å². The summed E-state index contributed by atoms with van der Waals surface area (Å²) in [6, 6.07) is 20.0. The molecule has 0 bridgehead atoms. The smallest absolute Gasteiger partial charge is 0.251 e. The Morgan fingerprint density at radius 3 is 2.42 bits per heavy atom. The number of amides is 1. The lowest BCUT2D eigenvalue weighted by Gasteiger charge is -2.21. The van der Waals surface area contributed by atoms with Crippen LogP contribution in [0.2, 0.25) is 0 Å². The molecular weight excluding hydrogens is 300 g/mol. The van der Waals surface area contributed by atoms with E-state index in [1.807, 2.05) is 60.4 Å². The van der Waals surface area contributed by atoms with Crippen molar-refractivity contribution in [3.8, 4) is 0 Å². The van der Waals surface area contributed by atoms with E-state index in [-0.39, 0.29) is 17.9 Å². The van der Waals surface area contributed by atoms with Crippen LogP contribution in [0.25, 0.3) is 0 Å². The molecule has 1 aliphatic heterocycles. The molecule has 126 valence electrons. The monoisotopic (exact) mass is 324 g/mol. The van der Waals surface area contributed by atoms with E-state index >= 15 is 0 Å².